The van der Waals surface area contributed by atoms with Gasteiger partial charge in [0.25, 0.3) is 0 Å². The first kappa shape index (κ1) is 12.8. The number of hydrogen-bond acceptors (Lipinski definition) is 1. The molecule has 1 atom stereocenters. The van der Waals surface area contributed by atoms with Gasteiger partial charge in [-0.05, 0) is 43.4 Å². The molecule has 0 aliphatic rings. The smallest absolute Gasteiger partial charge is 0.159 e. The Morgan fingerprint density at radius 1 is 1.31 bits per heavy atom. The van der Waals surface area contributed by atoms with Crippen LogP contribution in [0.25, 0.3) is 0 Å². The van der Waals surface area contributed by atoms with Gasteiger partial charge in [-0.1, -0.05) is 13.0 Å². The predicted octanol–water partition coefficient (Wildman–Crippen LogP) is 3.83. The van der Waals surface area contributed by atoms with Gasteiger partial charge in [-0.3, -0.25) is 0 Å². The summed E-state index contributed by atoms with van der Waals surface area (Å²) in [6.45, 7) is 3.51. The number of ketones is 1. The summed E-state index contributed by atoms with van der Waals surface area (Å²) in [5, 5.41) is 0. The van der Waals surface area contributed by atoms with Gasteiger partial charge in [0.05, 0.1) is 0 Å². The van der Waals surface area contributed by atoms with E-state index in [0.717, 1.165) is 24.5 Å². The van der Waals surface area contributed by atoms with Crippen LogP contribution in [0.3, 0.4) is 0 Å². The van der Waals surface area contributed by atoms with Crippen LogP contribution in [-0.2, 0) is 4.79 Å². The summed E-state index contributed by atoms with van der Waals surface area (Å²) >= 11 is 0. The highest BCUT2D eigenvalue weighted by Crippen LogP contribution is 2.22. The van der Waals surface area contributed by atoms with E-state index in [4.69, 9.17) is 0 Å². The van der Waals surface area contributed by atoms with Gasteiger partial charge in [-0.2, -0.15) is 0 Å². The molecule has 1 unspecified atom stereocenters. The minimum atomic E-state index is -0.820. The second kappa shape index (κ2) is 5.73. The molecule has 1 rings (SSSR count). The quantitative estimate of drug-likeness (QED) is 0.745. The Morgan fingerprint density at radius 2 is 2.00 bits per heavy atom. The maximum absolute atomic E-state index is 13.0. The molecule has 1 aromatic rings. The van der Waals surface area contributed by atoms with Crippen LogP contribution >= 0.6 is 0 Å². The number of halogens is 2. The van der Waals surface area contributed by atoms with Crippen molar-refractivity contribution in [3.63, 3.8) is 0 Å². The number of carbonyl (C=O) groups is 1. The SMILES string of the molecule is CC(=O)CCCC(C)c1ccc(F)c(F)c1. The topological polar surface area (TPSA) is 17.1 Å². The van der Waals surface area contributed by atoms with E-state index in [-0.39, 0.29) is 11.7 Å². The number of benzene rings is 1. The molecular formula is C13H16F2O. The minimum absolute atomic E-state index is 0.148. The van der Waals surface area contributed by atoms with Crippen molar-refractivity contribution in [1.82, 2.24) is 0 Å². The number of Topliss-reactive ketones (excluding diaryl/α,β-unsaturated/α-hetero) is 1. The fourth-order valence-corrected chi connectivity index (χ4v) is 1.64. The summed E-state index contributed by atoms with van der Waals surface area (Å²) < 4.78 is 25.7. The second-order valence-corrected chi connectivity index (χ2v) is 4.17. The minimum Gasteiger partial charge on any atom is -0.300 e. The van der Waals surface area contributed by atoms with Gasteiger partial charge in [0.2, 0.25) is 0 Å². The van der Waals surface area contributed by atoms with Gasteiger partial charge in [0, 0.05) is 6.42 Å². The number of rotatable bonds is 5. The zero-order valence-electron chi connectivity index (χ0n) is 9.59. The van der Waals surface area contributed by atoms with E-state index in [0.29, 0.717) is 6.42 Å². The van der Waals surface area contributed by atoms with Gasteiger partial charge in [-0.15, -0.1) is 0 Å². The third-order valence-corrected chi connectivity index (χ3v) is 2.68. The first-order chi connectivity index (χ1) is 7.50. The summed E-state index contributed by atoms with van der Waals surface area (Å²) in [5.41, 5.74) is 0.780. The van der Waals surface area contributed by atoms with Crippen LogP contribution in [0, 0.1) is 11.6 Å². The van der Waals surface area contributed by atoms with E-state index in [2.05, 4.69) is 0 Å². The molecule has 0 heterocycles. The van der Waals surface area contributed by atoms with E-state index in [1.165, 1.54) is 6.07 Å². The molecule has 16 heavy (non-hydrogen) atoms. The van der Waals surface area contributed by atoms with Crippen molar-refractivity contribution in [2.24, 2.45) is 0 Å². The monoisotopic (exact) mass is 226 g/mol. The summed E-state index contributed by atoms with van der Waals surface area (Å²) in [5.74, 6) is -1.32. The summed E-state index contributed by atoms with van der Waals surface area (Å²) in [7, 11) is 0. The summed E-state index contributed by atoms with van der Waals surface area (Å²) in [4.78, 5) is 10.8. The van der Waals surface area contributed by atoms with Crippen LogP contribution in [0.2, 0.25) is 0 Å². The Hall–Kier alpha value is -1.25. The average Bonchev–Trinajstić information content (AvgIpc) is 2.21. The number of hydrogen-bond donors (Lipinski definition) is 0. The van der Waals surface area contributed by atoms with Crippen molar-refractivity contribution < 1.29 is 13.6 Å². The molecule has 0 aromatic heterocycles. The summed E-state index contributed by atoms with van der Waals surface area (Å²) in [6, 6.07) is 3.97. The third kappa shape index (κ3) is 3.72. The lowest BCUT2D eigenvalue weighted by Gasteiger charge is -2.11. The van der Waals surface area contributed by atoms with Crippen molar-refractivity contribution in [2.45, 2.75) is 39.0 Å². The molecule has 0 saturated heterocycles. The molecule has 3 heteroatoms. The predicted molar refractivity (Wildman–Crippen MR) is 59.3 cm³/mol. The molecule has 1 aromatic carbocycles. The zero-order valence-corrected chi connectivity index (χ0v) is 9.59. The van der Waals surface area contributed by atoms with E-state index in [1.54, 1.807) is 13.0 Å². The molecule has 0 fully saturated rings. The Balaban J connectivity index is 2.55. The van der Waals surface area contributed by atoms with Gasteiger partial charge in [0.1, 0.15) is 5.78 Å². The van der Waals surface area contributed by atoms with Crippen LogP contribution in [0.1, 0.15) is 44.6 Å². The maximum atomic E-state index is 13.0. The van der Waals surface area contributed by atoms with E-state index in [1.807, 2.05) is 6.92 Å². The Kier molecular flexibility index (Phi) is 4.59. The fourth-order valence-electron chi connectivity index (χ4n) is 1.64. The maximum Gasteiger partial charge on any atom is 0.159 e. The molecule has 0 N–H and O–H groups in total. The van der Waals surface area contributed by atoms with Crippen molar-refractivity contribution in [3.8, 4) is 0 Å². The molecule has 0 bridgehead atoms. The lowest BCUT2D eigenvalue weighted by Crippen LogP contribution is -1.98. The van der Waals surface area contributed by atoms with Gasteiger partial charge >= 0.3 is 0 Å². The standard InChI is InChI=1S/C13H16F2O/c1-9(4-3-5-10(2)16)11-6-7-12(14)13(15)8-11/h6-9H,3-5H2,1-2H3. The molecule has 0 amide bonds. The first-order valence-corrected chi connectivity index (χ1v) is 5.45. The molecule has 88 valence electrons. The second-order valence-electron chi connectivity index (χ2n) is 4.17. The summed E-state index contributed by atoms with van der Waals surface area (Å²) in [6.07, 6.45) is 2.15. The van der Waals surface area contributed by atoms with Crippen molar-refractivity contribution in [3.05, 3.63) is 35.4 Å². The highest BCUT2D eigenvalue weighted by atomic mass is 19.2. The van der Waals surface area contributed by atoms with Crippen LogP contribution in [0.5, 0.6) is 0 Å². The normalized spacial score (nSPS) is 12.5. The number of carbonyl (C=O) groups excluding carboxylic acids is 1. The largest absolute Gasteiger partial charge is 0.300 e. The molecule has 0 aliphatic heterocycles. The average molecular weight is 226 g/mol. The Labute approximate surface area is 94.5 Å². The Bertz CT molecular complexity index is 374. The first-order valence-electron chi connectivity index (χ1n) is 5.45. The van der Waals surface area contributed by atoms with Crippen molar-refractivity contribution >= 4 is 5.78 Å². The van der Waals surface area contributed by atoms with Crippen LogP contribution in [0.15, 0.2) is 18.2 Å². The third-order valence-electron chi connectivity index (χ3n) is 2.68. The van der Waals surface area contributed by atoms with E-state index < -0.39 is 11.6 Å². The molecule has 0 spiro atoms. The highest BCUT2D eigenvalue weighted by Gasteiger charge is 2.09. The zero-order chi connectivity index (χ0) is 12.1. The van der Waals surface area contributed by atoms with Gasteiger partial charge < -0.3 is 4.79 Å². The fraction of sp³-hybridized carbons (Fsp3) is 0.462. The molecule has 0 radical (unpaired) electrons. The lowest BCUT2D eigenvalue weighted by molar-refractivity contribution is -0.117. The van der Waals surface area contributed by atoms with Crippen LogP contribution < -0.4 is 0 Å². The molecular weight excluding hydrogens is 210 g/mol. The van der Waals surface area contributed by atoms with Gasteiger partial charge in [-0.25, -0.2) is 8.78 Å². The highest BCUT2D eigenvalue weighted by molar-refractivity contribution is 5.75. The molecule has 1 nitrogen and oxygen atoms in total. The Morgan fingerprint density at radius 3 is 2.56 bits per heavy atom. The van der Waals surface area contributed by atoms with Crippen LogP contribution in [0.4, 0.5) is 8.78 Å². The molecule has 0 aliphatic carbocycles. The van der Waals surface area contributed by atoms with Crippen molar-refractivity contribution in [1.29, 1.82) is 0 Å². The van der Waals surface area contributed by atoms with Gasteiger partial charge in [0.15, 0.2) is 11.6 Å². The molecule has 0 saturated carbocycles. The van der Waals surface area contributed by atoms with E-state index >= 15 is 0 Å². The lowest BCUT2D eigenvalue weighted by atomic mass is 9.95. The van der Waals surface area contributed by atoms with Crippen molar-refractivity contribution in [2.75, 3.05) is 0 Å². The van der Waals surface area contributed by atoms with E-state index in [9.17, 15) is 13.6 Å². The van der Waals surface area contributed by atoms with Crippen LogP contribution in [-0.4, -0.2) is 5.78 Å².